The van der Waals surface area contributed by atoms with Gasteiger partial charge in [-0.25, -0.2) is 0 Å². The van der Waals surface area contributed by atoms with E-state index in [1.54, 1.807) is 24.4 Å². The van der Waals surface area contributed by atoms with E-state index in [1.807, 2.05) is 12.1 Å². The van der Waals surface area contributed by atoms with Crippen LogP contribution in [0.2, 0.25) is 5.02 Å². The Hall–Kier alpha value is -0.950. The summed E-state index contributed by atoms with van der Waals surface area (Å²) in [6, 6.07) is 8.97. The summed E-state index contributed by atoms with van der Waals surface area (Å²) in [5, 5.41) is 4.30. The monoisotopic (exact) mass is 444 g/mol. The molecule has 3 aromatic rings. The smallest absolute Gasteiger partial charge is 0.265 e. The van der Waals surface area contributed by atoms with Crippen molar-refractivity contribution in [3.05, 3.63) is 54.7 Å². The van der Waals surface area contributed by atoms with Crippen molar-refractivity contribution in [2.75, 3.05) is 5.32 Å². The van der Waals surface area contributed by atoms with Gasteiger partial charge in [-0.2, -0.15) is 0 Å². The van der Waals surface area contributed by atoms with E-state index >= 15 is 0 Å². The van der Waals surface area contributed by atoms with E-state index < -0.39 is 0 Å². The average molecular weight is 447 g/mol. The standard InChI is InChI=1S/C14H7Br2ClN2OS/c15-8-6-11(21-13(8)16)14(20)19-10-4-3-9(17)7-2-1-5-18-12(7)10/h1-6H,(H,19,20). The minimum absolute atomic E-state index is 0.180. The molecule has 21 heavy (non-hydrogen) atoms. The molecule has 0 unspecified atom stereocenters. The molecule has 0 aliphatic carbocycles. The summed E-state index contributed by atoms with van der Waals surface area (Å²) in [6.07, 6.45) is 1.67. The zero-order chi connectivity index (χ0) is 15.0. The predicted octanol–water partition coefficient (Wildman–Crippen LogP) is 5.73. The number of thiophene rings is 1. The quantitative estimate of drug-likeness (QED) is 0.547. The number of carbonyl (C=O) groups excluding carboxylic acids is 1. The van der Waals surface area contributed by atoms with Gasteiger partial charge < -0.3 is 5.32 Å². The van der Waals surface area contributed by atoms with Gasteiger partial charge in [-0.3, -0.25) is 9.78 Å². The minimum atomic E-state index is -0.180. The maximum Gasteiger partial charge on any atom is 0.265 e. The van der Waals surface area contributed by atoms with Crippen LogP contribution in [0.25, 0.3) is 10.9 Å². The van der Waals surface area contributed by atoms with E-state index in [0.29, 0.717) is 21.1 Å². The van der Waals surface area contributed by atoms with Gasteiger partial charge in [-0.15, -0.1) is 11.3 Å². The zero-order valence-electron chi connectivity index (χ0n) is 10.4. The number of carbonyl (C=O) groups is 1. The number of hydrogen-bond donors (Lipinski definition) is 1. The van der Waals surface area contributed by atoms with Gasteiger partial charge in [0.05, 0.1) is 24.9 Å². The van der Waals surface area contributed by atoms with Crippen LogP contribution in [-0.2, 0) is 0 Å². The lowest BCUT2D eigenvalue weighted by Crippen LogP contribution is -2.10. The van der Waals surface area contributed by atoms with Crippen molar-refractivity contribution >= 4 is 77.3 Å². The molecule has 0 radical (unpaired) electrons. The second kappa shape index (κ2) is 6.04. The summed E-state index contributed by atoms with van der Waals surface area (Å²) < 4.78 is 1.74. The molecule has 2 heterocycles. The number of hydrogen-bond acceptors (Lipinski definition) is 3. The van der Waals surface area contributed by atoms with E-state index in [-0.39, 0.29) is 5.91 Å². The van der Waals surface area contributed by atoms with Crippen LogP contribution >= 0.6 is 54.8 Å². The summed E-state index contributed by atoms with van der Waals surface area (Å²) in [5.41, 5.74) is 1.31. The number of nitrogens with one attached hydrogen (secondary N) is 1. The minimum Gasteiger partial charge on any atom is -0.319 e. The van der Waals surface area contributed by atoms with E-state index in [9.17, 15) is 4.79 Å². The molecular weight excluding hydrogens is 439 g/mol. The summed E-state index contributed by atoms with van der Waals surface area (Å²) in [5.74, 6) is -0.180. The van der Waals surface area contributed by atoms with Crippen LogP contribution in [0.4, 0.5) is 5.69 Å². The summed E-state index contributed by atoms with van der Waals surface area (Å²) in [7, 11) is 0. The van der Waals surface area contributed by atoms with Gasteiger partial charge in [0.15, 0.2) is 0 Å². The first-order chi connectivity index (χ1) is 10.1. The van der Waals surface area contributed by atoms with Crippen molar-refractivity contribution in [2.24, 2.45) is 0 Å². The first-order valence-corrected chi connectivity index (χ1v) is 8.63. The number of amides is 1. The van der Waals surface area contributed by atoms with Gasteiger partial charge in [0.2, 0.25) is 0 Å². The largest absolute Gasteiger partial charge is 0.319 e. The van der Waals surface area contributed by atoms with Crippen LogP contribution in [0.3, 0.4) is 0 Å². The first-order valence-electron chi connectivity index (χ1n) is 5.85. The molecule has 2 aromatic heterocycles. The lowest BCUT2D eigenvalue weighted by Gasteiger charge is -2.08. The Bertz CT molecular complexity index is 831. The van der Waals surface area contributed by atoms with Crippen molar-refractivity contribution in [3.8, 4) is 0 Å². The van der Waals surface area contributed by atoms with Gasteiger partial charge >= 0.3 is 0 Å². The lowest BCUT2D eigenvalue weighted by molar-refractivity contribution is 0.103. The molecule has 7 heteroatoms. The van der Waals surface area contributed by atoms with Crippen molar-refractivity contribution in [2.45, 2.75) is 0 Å². The number of anilines is 1. The Labute approximate surface area is 146 Å². The summed E-state index contributed by atoms with van der Waals surface area (Å²) in [6.45, 7) is 0. The van der Waals surface area contributed by atoms with Crippen molar-refractivity contribution < 1.29 is 4.79 Å². The number of aromatic nitrogens is 1. The molecule has 3 rings (SSSR count). The molecule has 3 nitrogen and oxygen atoms in total. The fourth-order valence-electron chi connectivity index (χ4n) is 1.88. The molecule has 0 saturated carbocycles. The van der Waals surface area contributed by atoms with E-state index in [4.69, 9.17) is 11.6 Å². The van der Waals surface area contributed by atoms with Gasteiger partial charge in [-0.1, -0.05) is 11.6 Å². The lowest BCUT2D eigenvalue weighted by atomic mass is 10.2. The Kier molecular flexibility index (Phi) is 4.31. The van der Waals surface area contributed by atoms with Crippen LogP contribution in [0.15, 0.2) is 44.8 Å². The van der Waals surface area contributed by atoms with Gasteiger partial charge in [-0.05, 0) is 62.2 Å². The summed E-state index contributed by atoms with van der Waals surface area (Å²) >= 11 is 14.3. The topological polar surface area (TPSA) is 42.0 Å². The normalized spacial score (nSPS) is 10.8. The highest BCUT2D eigenvalue weighted by atomic mass is 79.9. The van der Waals surface area contributed by atoms with Crippen LogP contribution in [0.1, 0.15) is 9.67 Å². The third-order valence-corrected chi connectivity index (χ3v) is 6.42. The maximum atomic E-state index is 12.3. The van der Waals surface area contributed by atoms with E-state index in [0.717, 1.165) is 13.6 Å². The molecule has 1 amide bonds. The van der Waals surface area contributed by atoms with Crippen molar-refractivity contribution in [3.63, 3.8) is 0 Å². The molecule has 0 saturated heterocycles. The zero-order valence-corrected chi connectivity index (χ0v) is 15.1. The SMILES string of the molecule is O=C(Nc1ccc(Cl)c2cccnc12)c1cc(Br)c(Br)s1. The highest BCUT2D eigenvalue weighted by Gasteiger charge is 2.14. The molecule has 1 aromatic carbocycles. The molecule has 0 spiro atoms. The summed E-state index contributed by atoms with van der Waals surface area (Å²) in [4.78, 5) is 17.2. The third-order valence-electron chi connectivity index (χ3n) is 2.83. The Morgan fingerprint density at radius 1 is 1.29 bits per heavy atom. The van der Waals surface area contributed by atoms with Crippen LogP contribution in [0.5, 0.6) is 0 Å². The van der Waals surface area contributed by atoms with Gasteiger partial charge in [0, 0.05) is 16.1 Å². The molecule has 0 bridgehead atoms. The predicted molar refractivity (Wildman–Crippen MR) is 94.4 cm³/mol. The molecule has 1 N–H and O–H groups in total. The highest BCUT2D eigenvalue weighted by molar-refractivity contribution is 9.13. The maximum absolute atomic E-state index is 12.3. The molecule has 0 atom stereocenters. The van der Waals surface area contributed by atoms with E-state index in [1.165, 1.54) is 11.3 Å². The highest BCUT2D eigenvalue weighted by Crippen LogP contribution is 2.33. The number of benzene rings is 1. The fraction of sp³-hybridized carbons (Fsp3) is 0. The fourth-order valence-corrected chi connectivity index (χ4v) is 4.03. The molecule has 0 aliphatic heterocycles. The van der Waals surface area contributed by atoms with Gasteiger partial charge in [0.25, 0.3) is 5.91 Å². The van der Waals surface area contributed by atoms with Crippen molar-refractivity contribution in [1.29, 1.82) is 0 Å². The Morgan fingerprint density at radius 3 is 2.81 bits per heavy atom. The second-order valence-corrected chi connectivity index (χ2v) is 7.81. The average Bonchev–Trinajstić information content (AvgIpc) is 2.82. The van der Waals surface area contributed by atoms with Crippen molar-refractivity contribution in [1.82, 2.24) is 4.98 Å². The first kappa shape index (κ1) is 15.0. The number of nitrogens with zero attached hydrogens (tertiary/aromatic N) is 1. The second-order valence-electron chi connectivity index (χ2n) is 4.18. The Morgan fingerprint density at radius 2 is 2.10 bits per heavy atom. The Balaban J connectivity index is 1.98. The van der Waals surface area contributed by atoms with Gasteiger partial charge in [0.1, 0.15) is 0 Å². The van der Waals surface area contributed by atoms with Crippen LogP contribution < -0.4 is 5.32 Å². The third kappa shape index (κ3) is 2.99. The number of rotatable bonds is 2. The van der Waals surface area contributed by atoms with E-state index in [2.05, 4.69) is 42.2 Å². The van der Waals surface area contributed by atoms with Crippen LogP contribution in [0, 0.1) is 0 Å². The molecule has 0 fully saturated rings. The van der Waals surface area contributed by atoms with Crippen LogP contribution in [-0.4, -0.2) is 10.9 Å². The molecule has 106 valence electrons. The molecular formula is C14H7Br2ClN2OS. The number of pyridine rings is 1. The number of fused-ring (bicyclic) bond motifs is 1. The number of halogens is 3. The molecule has 0 aliphatic rings.